The molecule has 1 aliphatic carbocycles. The first-order valence-corrected chi connectivity index (χ1v) is 8.51. The Balaban J connectivity index is 2.31. The second kappa shape index (κ2) is 5.55. The van der Waals surface area contributed by atoms with Gasteiger partial charge in [-0.3, -0.25) is 10.1 Å². The third-order valence-electron chi connectivity index (χ3n) is 4.07. The lowest BCUT2D eigenvalue weighted by atomic mass is 10.1. The van der Waals surface area contributed by atoms with Crippen molar-refractivity contribution in [3.8, 4) is 0 Å². The Morgan fingerprint density at radius 2 is 2.05 bits per heavy atom. The lowest BCUT2D eigenvalue weighted by Gasteiger charge is -2.15. The molecule has 2 rings (SSSR count). The second-order valence-electron chi connectivity index (χ2n) is 5.50. The van der Waals surface area contributed by atoms with Crippen molar-refractivity contribution in [2.24, 2.45) is 5.41 Å². The highest BCUT2D eigenvalue weighted by molar-refractivity contribution is 7.89. The van der Waals surface area contributed by atoms with Crippen LogP contribution >= 0.6 is 11.6 Å². The average Bonchev–Trinajstić information content (AvgIpc) is 3.16. The molecule has 1 aromatic carbocycles. The van der Waals surface area contributed by atoms with E-state index in [1.165, 1.54) is 6.07 Å². The Morgan fingerprint density at radius 3 is 2.52 bits per heavy atom. The van der Waals surface area contributed by atoms with E-state index in [1.54, 1.807) is 6.92 Å². The van der Waals surface area contributed by atoms with Crippen molar-refractivity contribution in [2.45, 2.75) is 38.0 Å². The topological polar surface area (TPSA) is 89.3 Å². The molecule has 0 bridgehead atoms. The SMILES string of the molecule is CCC1(CNS(=O)(=O)c2cc([N+](=O)[O-])c(Cl)cc2C)CC1. The van der Waals surface area contributed by atoms with Crippen molar-refractivity contribution >= 4 is 27.3 Å². The molecule has 0 spiro atoms. The summed E-state index contributed by atoms with van der Waals surface area (Å²) in [6.07, 6.45) is 2.92. The minimum absolute atomic E-state index is 0.0549. The summed E-state index contributed by atoms with van der Waals surface area (Å²) in [5.74, 6) is 0. The summed E-state index contributed by atoms with van der Waals surface area (Å²) in [5.41, 5.74) is 0.0398. The van der Waals surface area contributed by atoms with E-state index in [0.717, 1.165) is 25.3 Å². The van der Waals surface area contributed by atoms with Crippen molar-refractivity contribution in [1.29, 1.82) is 0 Å². The Morgan fingerprint density at radius 1 is 1.43 bits per heavy atom. The fourth-order valence-electron chi connectivity index (χ4n) is 2.23. The molecule has 116 valence electrons. The molecule has 8 heteroatoms. The first-order valence-electron chi connectivity index (χ1n) is 6.65. The summed E-state index contributed by atoms with van der Waals surface area (Å²) in [6.45, 7) is 3.96. The standard InChI is InChI=1S/C13H17ClN2O4S/c1-3-13(4-5-13)8-15-21(19,20)12-7-11(16(17)18)10(14)6-9(12)2/h6-7,15H,3-5,8H2,1-2H3. The zero-order valence-corrected chi connectivity index (χ0v) is 13.4. The molecule has 21 heavy (non-hydrogen) atoms. The van der Waals surface area contributed by atoms with E-state index in [1.807, 2.05) is 6.92 Å². The maximum Gasteiger partial charge on any atom is 0.289 e. The van der Waals surface area contributed by atoms with Crippen molar-refractivity contribution in [2.75, 3.05) is 6.54 Å². The van der Waals surface area contributed by atoms with Crippen LogP contribution in [0.5, 0.6) is 0 Å². The highest BCUT2D eigenvalue weighted by atomic mass is 35.5. The molecule has 1 N–H and O–H groups in total. The Bertz CT molecular complexity index is 684. The van der Waals surface area contributed by atoms with Crippen LogP contribution < -0.4 is 4.72 Å². The van der Waals surface area contributed by atoms with Crippen LogP contribution in [0.15, 0.2) is 17.0 Å². The molecule has 1 aromatic rings. The van der Waals surface area contributed by atoms with Gasteiger partial charge in [0.25, 0.3) is 5.69 Å². The van der Waals surface area contributed by atoms with E-state index in [0.29, 0.717) is 12.1 Å². The predicted molar refractivity (Wildman–Crippen MR) is 80.0 cm³/mol. The number of nitrogens with one attached hydrogen (secondary N) is 1. The van der Waals surface area contributed by atoms with Crippen LogP contribution in [-0.4, -0.2) is 19.9 Å². The first kappa shape index (κ1) is 16.2. The van der Waals surface area contributed by atoms with Crippen molar-refractivity contribution in [3.05, 3.63) is 32.8 Å². The minimum atomic E-state index is -3.78. The molecule has 1 fully saturated rings. The number of benzene rings is 1. The van der Waals surface area contributed by atoms with Gasteiger partial charge in [0, 0.05) is 12.6 Å². The van der Waals surface area contributed by atoms with Gasteiger partial charge in [-0.25, -0.2) is 13.1 Å². The van der Waals surface area contributed by atoms with Crippen LogP contribution in [0.1, 0.15) is 31.7 Å². The number of hydrogen-bond acceptors (Lipinski definition) is 4. The highest BCUT2D eigenvalue weighted by Crippen LogP contribution is 2.48. The largest absolute Gasteiger partial charge is 0.289 e. The Hall–Kier alpha value is -1.18. The lowest BCUT2D eigenvalue weighted by molar-refractivity contribution is -0.384. The maximum atomic E-state index is 12.4. The summed E-state index contributed by atoms with van der Waals surface area (Å²) in [7, 11) is -3.78. The summed E-state index contributed by atoms with van der Waals surface area (Å²) < 4.78 is 27.3. The monoisotopic (exact) mass is 332 g/mol. The van der Waals surface area contributed by atoms with Crippen LogP contribution in [0, 0.1) is 22.5 Å². The van der Waals surface area contributed by atoms with Gasteiger partial charge in [0.1, 0.15) is 5.02 Å². The van der Waals surface area contributed by atoms with Crippen molar-refractivity contribution in [3.63, 3.8) is 0 Å². The molecule has 0 aliphatic heterocycles. The quantitative estimate of drug-likeness (QED) is 0.640. The molecule has 1 saturated carbocycles. The van der Waals surface area contributed by atoms with Crippen LogP contribution in [0.2, 0.25) is 5.02 Å². The number of aryl methyl sites for hydroxylation is 1. The molecular formula is C13H17ClN2O4S. The molecule has 1 aliphatic rings. The van der Waals surface area contributed by atoms with Gasteiger partial charge in [-0.15, -0.1) is 0 Å². The number of sulfonamides is 1. The summed E-state index contributed by atoms with van der Waals surface area (Å²) >= 11 is 5.77. The zero-order valence-electron chi connectivity index (χ0n) is 11.8. The Kier molecular flexibility index (Phi) is 4.28. The Labute approximate surface area is 128 Å². The smallest absolute Gasteiger partial charge is 0.258 e. The maximum absolute atomic E-state index is 12.4. The van der Waals surface area contributed by atoms with Gasteiger partial charge in [0.15, 0.2) is 0 Å². The van der Waals surface area contributed by atoms with E-state index >= 15 is 0 Å². The van der Waals surface area contributed by atoms with Gasteiger partial charge < -0.3 is 0 Å². The van der Waals surface area contributed by atoms with Gasteiger partial charge in [-0.1, -0.05) is 18.5 Å². The van der Waals surface area contributed by atoms with Crippen LogP contribution in [-0.2, 0) is 10.0 Å². The molecule has 0 saturated heterocycles. The number of halogens is 1. The molecule has 0 unspecified atom stereocenters. The van der Waals surface area contributed by atoms with Gasteiger partial charge in [-0.2, -0.15) is 0 Å². The third kappa shape index (κ3) is 3.36. The van der Waals surface area contributed by atoms with E-state index in [4.69, 9.17) is 11.6 Å². The number of nitrogens with zero attached hydrogens (tertiary/aromatic N) is 1. The highest BCUT2D eigenvalue weighted by Gasteiger charge is 2.41. The van der Waals surface area contributed by atoms with E-state index in [-0.39, 0.29) is 15.3 Å². The van der Waals surface area contributed by atoms with Gasteiger partial charge in [0.05, 0.1) is 9.82 Å². The van der Waals surface area contributed by atoms with E-state index < -0.39 is 20.6 Å². The van der Waals surface area contributed by atoms with Crippen molar-refractivity contribution in [1.82, 2.24) is 4.72 Å². The molecule has 0 atom stereocenters. The van der Waals surface area contributed by atoms with E-state index in [2.05, 4.69) is 4.72 Å². The van der Waals surface area contributed by atoms with E-state index in [9.17, 15) is 18.5 Å². The van der Waals surface area contributed by atoms with Crippen LogP contribution in [0.25, 0.3) is 0 Å². The lowest BCUT2D eigenvalue weighted by Crippen LogP contribution is -2.30. The molecule has 0 radical (unpaired) electrons. The number of nitro benzene ring substituents is 1. The summed E-state index contributed by atoms with van der Waals surface area (Å²) in [5, 5.41) is 10.8. The van der Waals surface area contributed by atoms with Crippen LogP contribution in [0.4, 0.5) is 5.69 Å². The fraction of sp³-hybridized carbons (Fsp3) is 0.538. The molecule has 0 amide bonds. The van der Waals surface area contributed by atoms with Crippen LogP contribution in [0.3, 0.4) is 0 Å². The van der Waals surface area contributed by atoms with Gasteiger partial charge in [-0.05, 0) is 43.2 Å². The molecular weight excluding hydrogens is 316 g/mol. The number of rotatable bonds is 6. The summed E-state index contributed by atoms with van der Waals surface area (Å²) in [6, 6.07) is 2.33. The average molecular weight is 333 g/mol. The molecule has 0 aromatic heterocycles. The molecule has 0 heterocycles. The number of nitro groups is 1. The third-order valence-corrected chi connectivity index (χ3v) is 5.92. The van der Waals surface area contributed by atoms with Gasteiger partial charge >= 0.3 is 0 Å². The predicted octanol–water partition coefficient (Wildman–Crippen LogP) is 3.03. The zero-order chi connectivity index (χ0) is 15.8. The fourth-order valence-corrected chi connectivity index (χ4v) is 3.92. The normalized spacial score (nSPS) is 16.7. The van der Waals surface area contributed by atoms with Crippen molar-refractivity contribution < 1.29 is 13.3 Å². The summed E-state index contributed by atoms with van der Waals surface area (Å²) in [4.78, 5) is 10.1. The minimum Gasteiger partial charge on any atom is -0.258 e. The first-order chi connectivity index (χ1) is 9.71. The van der Waals surface area contributed by atoms with Gasteiger partial charge in [0.2, 0.25) is 10.0 Å². The second-order valence-corrected chi connectivity index (χ2v) is 7.65. The number of hydrogen-bond donors (Lipinski definition) is 1. The molecule has 6 nitrogen and oxygen atoms in total.